The van der Waals surface area contributed by atoms with Gasteiger partial charge in [0.15, 0.2) is 0 Å². The van der Waals surface area contributed by atoms with Crippen molar-refractivity contribution in [3.8, 4) is 0 Å². The van der Waals surface area contributed by atoms with Crippen molar-refractivity contribution in [1.29, 1.82) is 0 Å². The molecule has 2 aliphatic heterocycles. The van der Waals surface area contributed by atoms with E-state index in [0.717, 1.165) is 48.0 Å². The second-order valence-corrected chi connectivity index (χ2v) is 11.1. The van der Waals surface area contributed by atoms with Gasteiger partial charge in [-0.15, -0.1) is 0 Å². The molecule has 5 nitrogen and oxygen atoms in total. The van der Waals surface area contributed by atoms with Gasteiger partial charge in [-0.1, -0.05) is 26.0 Å². The monoisotopic (exact) mass is 447 g/mol. The molecule has 1 saturated heterocycles. The molecule has 1 aliphatic carbocycles. The number of nitrogens with one attached hydrogen (secondary N) is 1. The topological polar surface area (TPSA) is 61.4 Å². The van der Waals surface area contributed by atoms with Crippen LogP contribution in [0.25, 0.3) is 11.0 Å². The van der Waals surface area contributed by atoms with E-state index in [1.165, 1.54) is 29.7 Å². The molecule has 0 unspecified atom stereocenters. The number of fused-ring (bicyclic) bond motifs is 4. The van der Waals surface area contributed by atoms with Gasteiger partial charge in [0.05, 0.1) is 5.60 Å². The summed E-state index contributed by atoms with van der Waals surface area (Å²) in [5.74, 6) is 0.668. The Morgan fingerprint density at radius 2 is 2.00 bits per heavy atom. The van der Waals surface area contributed by atoms with E-state index in [-0.39, 0.29) is 11.0 Å². The Labute approximate surface area is 194 Å². The molecule has 7 heteroatoms. The highest BCUT2D eigenvalue weighted by atomic mass is 32.2. The average Bonchev–Trinajstić information content (AvgIpc) is 3.47. The van der Waals surface area contributed by atoms with Crippen LogP contribution in [0.15, 0.2) is 47.6 Å². The molecule has 3 aromatic rings. The molecule has 1 aromatic carbocycles. The van der Waals surface area contributed by atoms with Crippen LogP contribution in [-0.4, -0.2) is 39.5 Å². The zero-order valence-corrected chi connectivity index (χ0v) is 19.6. The Morgan fingerprint density at radius 1 is 1.22 bits per heavy atom. The van der Waals surface area contributed by atoms with Crippen molar-refractivity contribution in [1.82, 2.24) is 14.3 Å². The molecule has 166 valence electrons. The number of hydrogen-bond donors (Lipinski definition) is 2. The Morgan fingerprint density at radius 3 is 2.75 bits per heavy atom. The molecule has 4 heterocycles. The Bertz CT molecular complexity index is 1140. The summed E-state index contributed by atoms with van der Waals surface area (Å²) in [5.41, 5.74) is 4.24. The Balaban J connectivity index is 1.16. The lowest BCUT2D eigenvalue weighted by molar-refractivity contribution is -0.108. The van der Waals surface area contributed by atoms with Gasteiger partial charge in [0.25, 0.3) is 0 Å². The molecule has 2 fully saturated rings. The van der Waals surface area contributed by atoms with Crippen LogP contribution >= 0.6 is 11.9 Å². The SMILES string of the molecule is CCC(CC)c1ccc(SN2CCC3(C2)CC2(C3)OB(O)c3cnc4[nH]ccc4c32)cc1. The molecule has 2 spiro atoms. The second kappa shape index (κ2) is 7.62. The zero-order valence-electron chi connectivity index (χ0n) is 18.8. The van der Waals surface area contributed by atoms with Crippen molar-refractivity contribution in [3.63, 3.8) is 0 Å². The lowest BCUT2D eigenvalue weighted by atomic mass is 9.56. The molecule has 0 radical (unpaired) electrons. The van der Waals surface area contributed by atoms with Crippen LogP contribution in [0.2, 0.25) is 0 Å². The van der Waals surface area contributed by atoms with Gasteiger partial charge in [-0.3, -0.25) is 0 Å². The molecular weight excluding hydrogens is 417 g/mol. The molecule has 1 saturated carbocycles. The summed E-state index contributed by atoms with van der Waals surface area (Å²) in [7, 11) is -0.866. The van der Waals surface area contributed by atoms with Crippen LogP contribution in [0.1, 0.15) is 63.0 Å². The molecule has 6 rings (SSSR count). The first-order valence-electron chi connectivity index (χ1n) is 11.9. The summed E-state index contributed by atoms with van der Waals surface area (Å²) in [6.45, 7) is 6.72. The first-order valence-corrected chi connectivity index (χ1v) is 12.7. The number of aromatic amines is 1. The van der Waals surface area contributed by atoms with Crippen molar-refractivity contribution in [2.45, 2.75) is 62.4 Å². The highest BCUT2D eigenvalue weighted by Crippen LogP contribution is 2.63. The number of benzene rings is 1. The van der Waals surface area contributed by atoms with Crippen LogP contribution < -0.4 is 5.46 Å². The number of hydrogen-bond acceptors (Lipinski definition) is 5. The Kier molecular flexibility index (Phi) is 4.95. The summed E-state index contributed by atoms with van der Waals surface area (Å²) < 4.78 is 8.72. The van der Waals surface area contributed by atoms with Crippen LogP contribution in [0.5, 0.6) is 0 Å². The van der Waals surface area contributed by atoms with E-state index in [9.17, 15) is 5.02 Å². The normalized spacial score (nSPS) is 27.2. The minimum absolute atomic E-state index is 0.273. The van der Waals surface area contributed by atoms with Gasteiger partial charge in [-0.05, 0) is 84.7 Å². The van der Waals surface area contributed by atoms with E-state index in [0.29, 0.717) is 5.92 Å². The van der Waals surface area contributed by atoms with E-state index in [1.54, 1.807) is 6.20 Å². The highest BCUT2D eigenvalue weighted by molar-refractivity contribution is 7.97. The lowest BCUT2D eigenvalue weighted by Crippen LogP contribution is -2.51. The van der Waals surface area contributed by atoms with Gasteiger partial charge in [0.1, 0.15) is 5.65 Å². The third-order valence-electron chi connectivity index (χ3n) is 7.97. The standard InChI is InChI=1S/C25H30BN3O2S/c1-3-17(4-2)18-5-7-19(8-6-18)32-29-12-10-24(16-29)14-25(15-24)22-20-9-11-27-23(20)28-13-21(22)26(30)31-25/h5-9,11,13,17,30H,3-4,10,12,14-16H2,1-2H3,(H,27,28). The summed E-state index contributed by atoms with van der Waals surface area (Å²) in [6, 6.07) is 11.3. The van der Waals surface area contributed by atoms with E-state index < -0.39 is 7.12 Å². The number of pyridine rings is 1. The van der Waals surface area contributed by atoms with Crippen LogP contribution in [0, 0.1) is 5.41 Å². The van der Waals surface area contributed by atoms with Crippen LogP contribution in [-0.2, 0) is 10.3 Å². The molecule has 0 bridgehead atoms. The fraction of sp³-hybridized carbons (Fsp3) is 0.480. The molecule has 0 amide bonds. The van der Waals surface area contributed by atoms with Crippen molar-refractivity contribution < 1.29 is 9.68 Å². The molecular formula is C25H30BN3O2S. The van der Waals surface area contributed by atoms with Gasteiger partial charge >= 0.3 is 7.12 Å². The van der Waals surface area contributed by atoms with Crippen molar-refractivity contribution in [3.05, 3.63) is 53.9 Å². The van der Waals surface area contributed by atoms with E-state index in [1.807, 2.05) is 18.1 Å². The smallest absolute Gasteiger partial charge is 0.423 e. The number of aromatic nitrogens is 2. The third kappa shape index (κ3) is 3.17. The Hall–Kier alpha value is -1.80. The number of H-pyrrole nitrogens is 1. The largest absolute Gasteiger partial charge is 0.493 e. The van der Waals surface area contributed by atoms with Crippen molar-refractivity contribution in [2.75, 3.05) is 13.1 Å². The van der Waals surface area contributed by atoms with Crippen LogP contribution in [0.3, 0.4) is 0 Å². The molecule has 0 atom stereocenters. The highest BCUT2D eigenvalue weighted by Gasteiger charge is 2.63. The molecule has 3 aliphatic rings. The lowest BCUT2D eigenvalue weighted by Gasteiger charge is -2.53. The minimum Gasteiger partial charge on any atom is -0.423 e. The average molecular weight is 447 g/mol. The maximum absolute atomic E-state index is 10.6. The number of rotatable bonds is 5. The van der Waals surface area contributed by atoms with E-state index >= 15 is 0 Å². The van der Waals surface area contributed by atoms with Gasteiger partial charge in [-0.25, -0.2) is 9.29 Å². The fourth-order valence-corrected chi connectivity index (χ4v) is 7.52. The molecule has 32 heavy (non-hydrogen) atoms. The molecule has 2 aromatic heterocycles. The first-order chi connectivity index (χ1) is 15.5. The number of nitrogens with zero attached hydrogens (tertiary/aromatic N) is 2. The van der Waals surface area contributed by atoms with Gasteiger partial charge in [-0.2, -0.15) is 0 Å². The molecule has 2 N–H and O–H groups in total. The van der Waals surface area contributed by atoms with E-state index in [4.69, 9.17) is 4.65 Å². The summed E-state index contributed by atoms with van der Waals surface area (Å²) in [6.07, 6.45) is 9.23. The quantitative estimate of drug-likeness (QED) is 0.443. The summed E-state index contributed by atoms with van der Waals surface area (Å²) >= 11 is 1.89. The summed E-state index contributed by atoms with van der Waals surface area (Å²) in [5, 5.41) is 11.7. The predicted octanol–water partition coefficient (Wildman–Crippen LogP) is 4.57. The first kappa shape index (κ1) is 20.8. The second-order valence-electron chi connectivity index (χ2n) is 9.93. The van der Waals surface area contributed by atoms with Crippen molar-refractivity contribution in [2.24, 2.45) is 5.41 Å². The minimum atomic E-state index is -0.866. The van der Waals surface area contributed by atoms with E-state index in [2.05, 4.69) is 58.5 Å². The maximum Gasteiger partial charge on any atom is 0.493 e. The van der Waals surface area contributed by atoms with Gasteiger partial charge in [0.2, 0.25) is 0 Å². The zero-order chi connectivity index (χ0) is 21.9. The van der Waals surface area contributed by atoms with Crippen LogP contribution in [0.4, 0.5) is 0 Å². The fourth-order valence-electron chi connectivity index (χ4n) is 6.45. The predicted molar refractivity (Wildman–Crippen MR) is 130 cm³/mol. The van der Waals surface area contributed by atoms with Crippen molar-refractivity contribution >= 4 is 35.6 Å². The maximum atomic E-state index is 10.6. The van der Waals surface area contributed by atoms with Gasteiger partial charge < -0.3 is 14.7 Å². The summed E-state index contributed by atoms with van der Waals surface area (Å²) in [4.78, 5) is 8.98. The third-order valence-corrected chi connectivity index (χ3v) is 9.02. The van der Waals surface area contributed by atoms with Gasteiger partial charge in [0, 0.05) is 41.2 Å².